The molecule has 0 fully saturated rings. The van der Waals surface area contributed by atoms with E-state index in [0.29, 0.717) is 5.54 Å². The molecule has 3 heteroatoms. The van der Waals surface area contributed by atoms with Crippen molar-refractivity contribution in [2.75, 3.05) is 19.6 Å². The van der Waals surface area contributed by atoms with Gasteiger partial charge in [-0.15, -0.1) is 0 Å². The van der Waals surface area contributed by atoms with Crippen molar-refractivity contribution < 1.29 is 0 Å². The van der Waals surface area contributed by atoms with Gasteiger partial charge in [0.15, 0.2) is 0 Å². The summed E-state index contributed by atoms with van der Waals surface area (Å²) in [6.07, 6.45) is 2.49. The lowest BCUT2D eigenvalue weighted by Gasteiger charge is -2.45. The summed E-state index contributed by atoms with van der Waals surface area (Å²) in [7, 11) is -1.26. The van der Waals surface area contributed by atoms with Crippen LogP contribution in [0.5, 0.6) is 0 Å². The summed E-state index contributed by atoms with van der Waals surface area (Å²) in [5, 5.41) is 0. The van der Waals surface area contributed by atoms with Gasteiger partial charge in [0, 0.05) is 12.1 Å². The topological polar surface area (TPSA) is 15.3 Å². The molecule has 0 aromatic rings. The lowest BCUT2D eigenvalue weighted by molar-refractivity contribution is 0.198. The van der Waals surface area contributed by atoms with Crippen LogP contribution in [0.15, 0.2) is 0 Å². The Kier molecular flexibility index (Phi) is 9.21. The first kappa shape index (κ1) is 19.1. The van der Waals surface area contributed by atoms with Crippen LogP contribution in [0.25, 0.3) is 0 Å². The number of hydrogen-bond acceptors (Lipinski definition) is 2. The van der Waals surface area contributed by atoms with Gasteiger partial charge in [-0.25, -0.2) is 0 Å². The third-order valence-electron chi connectivity index (χ3n) is 5.33. The van der Waals surface area contributed by atoms with Crippen LogP contribution in [-0.4, -0.2) is 38.3 Å². The van der Waals surface area contributed by atoms with E-state index in [0.717, 1.165) is 0 Å². The van der Waals surface area contributed by atoms with Gasteiger partial charge in [0.1, 0.15) is 8.24 Å². The molecule has 0 aromatic heterocycles. The van der Waals surface area contributed by atoms with E-state index in [4.69, 9.17) is 0 Å². The molecule has 2 nitrogen and oxygen atoms in total. The Balaban J connectivity index is 5.06. The Bertz CT molecular complexity index is 211. The highest BCUT2D eigenvalue weighted by Crippen LogP contribution is 2.25. The summed E-state index contributed by atoms with van der Waals surface area (Å²) in [5.74, 6) is 0. The first-order valence-electron chi connectivity index (χ1n) is 8.52. The largest absolute Gasteiger partial charge is 0.331 e. The predicted octanol–water partition coefficient (Wildman–Crippen LogP) is 4.48. The Labute approximate surface area is 123 Å². The van der Waals surface area contributed by atoms with Gasteiger partial charge in [-0.05, 0) is 44.1 Å². The summed E-state index contributed by atoms with van der Waals surface area (Å²) in [4.78, 5) is 6.81. The van der Waals surface area contributed by atoms with Crippen molar-refractivity contribution in [3.8, 4) is 0 Å². The van der Waals surface area contributed by atoms with Crippen LogP contribution in [0.2, 0.25) is 18.1 Å². The highest BCUT2D eigenvalue weighted by atomic mass is 28.3. The average molecular weight is 287 g/mol. The minimum atomic E-state index is -1.26. The third-order valence-corrected chi connectivity index (χ3v) is 10.5. The molecule has 0 radical (unpaired) electrons. The molecule has 0 aliphatic heterocycles. The number of hydrogen-bond donors (Lipinski definition) is 1. The fourth-order valence-electron chi connectivity index (χ4n) is 3.14. The van der Waals surface area contributed by atoms with Crippen LogP contribution in [-0.2, 0) is 0 Å². The lowest BCUT2D eigenvalue weighted by Crippen LogP contribution is -2.64. The van der Waals surface area contributed by atoms with Gasteiger partial charge in [0.05, 0.1) is 0 Å². The highest BCUT2D eigenvalue weighted by molar-refractivity contribution is 6.77. The van der Waals surface area contributed by atoms with Crippen LogP contribution in [0.3, 0.4) is 0 Å². The summed E-state index contributed by atoms with van der Waals surface area (Å²) < 4.78 is 0. The first-order chi connectivity index (χ1) is 9.00. The van der Waals surface area contributed by atoms with Crippen molar-refractivity contribution in [1.29, 1.82) is 0 Å². The summed E-state index contributed by atoms with van der Waals surface area (Å²) >= 11 is 0. The Morgan fingerprint density at radius 2 is 1.21 bits per heavy atom. The minimum Gasteiger partial charge on any atom is -0.331 e. The van der Waals surface area contributed by atoms with Crippen molar-refractivity contribution in [3.63, 3.8) is 0 Å². The number of nitrogens with zero attached hydrogens (tertiary/aromatic N) is 1. The molecular formula is C16H38N2Si. The fraction of sp³-hybridized carbons (Fsp3) is 1.00. The molecule has 1 N–H and O–H groups in total. The maximum atomic E-state index is 4.23. The number of likely N-dealkylation sites (N-methyl/N-ethyl adjacent to an activating group) is 1. The Morgan fingerprint density at radius 3 is 1.47 bits per heavy atom. The van der Waals surface area contributed by atoms with Crippen molar-refractivity contribution in [1.82, 2.24) is 9.88 Å². The van der Waals surface area contributed by atoms with Crippen molar-refractivity contribution in [2.24, 2.45) is 0 Å². The maximum Gasteiger partial charge on any atom is 0.125 e. The summed E-state index contributed by atoms with van der Waals surface area (Å²) in [5.41, 5.74) is 0.334. The van der Waals surface area contributed by atoms with E-state index in [1.54, 1.807) is 0 Å². The van der Waals surface area contributed by atoms with E-state index in [1.165, 1.54) is 50.6 Å². The second kappa shape index (κ2) is 9.14. The summed E-state index contributed by atoms with van der Waals surface area (Å²) in [6, 6.07) is 4.08. The first-order valence-corrected chi connectivity index (χ1v) is 11.1. The van der Waals surface area contributed by atoms with Crippen LogP contribution < -0.4 is 4.98 Å². The van der Waals surface area contributed by atoms with Gasteiger partial charge in [-0.2, -0.15) is 0 Å². The monoisotopic (exact) mass is 286 g/mol. The van der Waals surface area contributed by atoms with Crippen molar-refractivity contribution in [2.45, 2.75) is 85.0 Å². The fourth-order valence-corrected chi connectivity index (χ4v) is 6.73. The zero-order chi connectivity index (χ0) is 14.9. The highest BCUT2D eigenvalue weighted by Gasteiger charge is 2.37. The van der Waals surface area contributed by atoms with Gasteiger partial charge >= 0.3 is 0 Å². The van der Waals surface area contributed by atoms with E-state index in [9.17, 15) is 0 Å². The van der Waals surface area contributed by atoms with Gasteiger partial charge < -0.3 is 9.88 Å². The third kappa shape index (κ3) is 5.20. The molecule has 0 heterocycles. The van der Waals surface area contributed by atoms with Crippen LogP contribution in [0, 0.1) is 0 Å². The van der Waals surface area contributed by atoms with Crippen LogP contribution in [0.1, 0.15) is 61.3 Å². The van der Waals surface area contributed by atoms with Crippen molar-refractivity contribution >= 4 is 8.24 Å². The smallest absolute Gasteiger partial charge is 0.125 e. The molecule has 0 amide bonds. The average Bonchev–Trinajstić information content (AvgIpc) is 2.49. The number of nitrogens with one attached hydrogen (secondary N) is 1. The SMILES string of the molecule is CCN(CC)CC(CC)(CC)N[Si](CC)(CC)CC. The van der Waals surface area contributed by atoms with Gasteiger partial charge in [0.25, 0.3) is 0 Å². The normalized spacial score (nSPS) is 13.3. The van der Waals surface area contributed by atoms with E-state index < -0.39 is 8.24 Å². The van der Waals surface area contributed by atoms with E-state index in [1.807, 2.05) is 0 Å². The molecule has 0 saturated carbocycles. The quantitative estimate of drug-likeness (QED) is 0.563. The lowest BCUT2D eigenvalue weighted by atomic mass is 9.93. The van der Waals surface area contributed by atoms with Gasteiger partial charge in [-0.1, -0.05) is 48.5 Å². The standard InChI is InChI=1S/C16H38N2Si/c1-8-16(9-2,15-18(10-3)11-4)17-19(12-5,13-6)14-7/h17H,8-15H2,1-7H3. The van der Waals surface area contributed by atoms with E-state index >= 15 is 0 Å². The summed E-state index contributed by atoms with van der Waals surface area (Å²) in [6.45, 7) is 20.0. The Morgan fingerprint density at radius 1 is 0.789 bits per heavy atom. The molecule has 0 aromatic carbocycles. The molecule has 0 unspecified atom stereocenters. The zero-order valence-electron chi connectivity index (χ0n) is 14.6. The molecule has 0 atom stereocenters. The zero-order valence-corrected chi connectivity index (χ0v) is 15.6. The molecular weight excluding hydrogens is 248 g/mol. The minimum absolute atomic E-state index is 0.334. The Hall–Kier alpha value is 0.137. The molecule has 0 saturated heterocycles. The second-order valence-electron chi connectivity index (χ2n) is 5.91. The van der Waals surface area contributed by atoms with Crippen LogP contribution in [0.4, 0.5) is 0 Å². The van der Waals surface area contributed by atoms with Crippen molar-refractivity contribution in [3.05, 3.63) is 0 Å². The predicted molar refractivity (Wildman–Crippen MR) is 91.4 cm³/mol. The molecule has 116 valence electrons. The van der Waals surface area contributed by atoms with Gasteiger partial charge in [0.2, 0.25) is 0 Å². The van der Waals surface area contributed by atoms with E-state index in [-0.39, 0.29) is 0 Å². The second-order valence-corrected chi connectivity index (χ2v) is 10.8. The molecule has 0 rings (SSSR count). The molecule has 0 bridgehead atoms. The molecule has 0 aliphatic rings. The maximum absolute atomic E-state index is 4.23. The van der Waals surface area contributed by atoms with Gasteiger partial charge in [-0.3, -0.25) is 0 Å². The number of rotatable bonds is 11. The molecule has 0 aliphatic carbocycles. The van der Waals surface area contributed by atoms with Crippen LogP contribution >= 0.6 is 0 Å². The molecule has 19 heavy (non-hydrogen) atoms. The van der Waals surface area contributed by atoms with E-state index in [2.05, 4.69) is 58.3 Å². The molecule has 0 spiro atoms.